The van der Waals surface area contributed by atoms with E-state index in [9.17, 15) is 0 Å². The van der Waals surface area contributed by atoms with Gasteiger partial charge in [0.25, 0.3) is 0 Å². The minimum Gasteiger partial charge on any atom is -0.496 e. The van der Waals surface area contributed by atoms with E-state index >= 15 is 0 Å². The molecule has 1 atom stereocenters. The minimum atomic E-state index is 0.583. The molecule has 15 heavy (non-hydrogen) atoms. The second-order valence-corrected chi connectivity index (χ2v) is 3.57. The van der Waals surface area contributed by atoms with Gasteiger partial charge in [-0.05, 0) is 31.9 Å². The van der Waals surface area contributed by atoms with Crippen LogP contribution in [0.15, 0.2) is 18.2 Å². The maximum Gasteiger partial charge on any atom is 0.124 e. The van der Waals surface area contributed by atoms with Crippen LogP contribution in [0.4, 0.5) is 5.69 Å². The summed E-state index contributed by atoms with van der Waals surface area (Å²) in [6.07, 6.45) is 2.31. The van der Waals surface area contributed by atoms with Crippen LogP contribution in [0.1, 0.15) is 18.9 Å². The summed E-state index contributed by atoms with van der Waals surface area (Å²) < 4.78 is 5.31. The second kappa shape index (κ2) is 5.61. The van der Waals surface area contributed by atoms with Crippen molar-refractivity contribution >= 4 is 5.69 Å². The van der Waals surface area contributed by atoms with Crippen LogP contribution in [-0.2, 0) is 6.42 Å². The lowest BCUT2D eigenvalue weighted by atomic mass is 9.98. The maximum absolute atomic E-state index is 7.00. The lowest BCUT2D eigenvalue weighted by Crippen LogP contribution is -2.22. The summed E-state index contributed by atoms with van der Waals surface area (Å²) in [7, 11) is 2.73. The zero-order valence-corrected chi connectivity index (χ0v) is 9.58. The Kier molecular flexibility index (Phi) is 4.43. The fraction of sp³-hybridized carbons (Fsp3) is 0.500. The Bertz CT molecular complexity index is 312. The number of aliphatic hydroxyl groups is 1. The average Bonchev–Trinajstić information content (AvgIpc) is 2.30. The first kappa shape index (κ1) is 11.9. The third kappa shape index (κ3) is 2.63. The number of hydrogen-bond donors (Lipinski definition) is 2. The molecule has 0 bridgehead atoms. The molecule has 1 aliphatic rings. The molecule has 1 aromatic carbocycles. The molecule has 0 spiro atoms. The monoisotopic (exact) mass is 209 g/mol. The van der Waals surface area contributed by atoms with E-state index in [1.54, 1.807) is 7.11 Å². The zero-order chi connectivity index (χ0) is 11.3. The Morgan fingerprint density at radius 1 is 1.40 bits per heavy atom. The van der Waals surface area contributed by atoms with Gasteiger partial charge in [-0.15, -0.1) is 0 Å². The predicted molar refractivity (Wildman–Crippen MR) is 62.5 cm³/mol. The molecule has 2 rings (SSSR count). The van der Waals surface area contributed by atoms with E-state index < -0.39 is 0 Å². The van der Waals surface area contributed by atoms with E-state index in [0.717, 1.165) is 19.3 Å². The molecule has 0 saturated carbocycles. The molecule has 3 heteroatoms. The van der Waals surface area contributed by atoms with Gasteiger partial charge >= 0.3 is 0 Å². The van der Waals surface area contributed by atoms with Gasteiger partial charge in [-0.25, -0.2) is 0 Å². The molecular weight excluding hydrogens is 190 g/mol. The number of rotatable bonds is 1. The van der Waals surface area contributed by atoms with Gasteiger partial charge in [0.05, 0.1) is 7.11 Å². The Labute approximate surface area is 91.1 Å². The van der Waals surface area contributed by atoms with Gasteiger partial charge in [0, 0.05) is 24.4 Å². The van der Waals surface area contributed by atoms with Gasteiger partial charge in [-0.3, -0.25) is 0 Å². The molecular formula is C12H19NO2. The Balaban J connectivity index is 0.000000531. The van der Waals surface area contributed by atoms with Crippen molar-refractivity contribution in [3.8, 4) is 5.75 Å². The molecule has 1 aromatic rings. The van der Waals surface area contributed by atoms with Crippen LogP contribution in [0.5, 0.6) is 5.75 Å². The van der Waals surface area contributed by atoms with E-state index in [1.807, 2.05) is 12.1 Å². The molecule has 1 aliphatic heterocycles. The summed E-state index contributed by atoms with van der Waals surface area (Å²) in [6, 6.07) is 6.76. The summed E-state index contributed by atoms with van der Waals surface area (Å²) in [5.41, 5.74) is 2.56. The highest BCUT2D eigenvalue weighted by atomic mass is 16.5. The van der Waals surface area contributed by atoms with Crippen molar-refractivity contribution in [1.82, 2.24) is 0 Å². The van der Waals surface area contributed by atoms with E-state index in [1.165, 1.54) is 17.7 Å². The molecule has 84 valence electrons. The molecule has 0 amide bonds. The fourth-order valence-corrected chi connectivity index (χ4v) is 1.85. The van der Waals surface area contributed by atoms with Crippen molar-refractivity contribution < 1.29 is 9.84 Å². The average molecular weight is 209 g/mol. The lowest BCUT2D eigenvalue weighted by molar-refractivity contribution is 0.399. The minimum absolute atomic E-state index is 0.583. The molecule has 0 saturated heterocycles. The highest BCUT2D eigenvalue weighted by molar-refractivity contribution is 5.59. The molecule has 1 heterocycles. The Morgan fingerprint density at radius 3 is 2.80 bits per heavy atom. The van der Waals surface area contributed by atoms with Crippen molar-refractivity contribution in [3.63, 3.8) is 0 Å². The second-order valence-electron chi connectivity index (χ2n) is 3.57. The van der Waals surface area contributed by atoms with Crippen LogP contribution in [0.2, 0.25) is 0 Å². The molecule has 0 radical (unpaired) electrons. The van der Waals surface area contributed by atoms with Gasteiger partial charge in [0.1, 0.15) is 5.75 Å². The third-order valence-electron chi connectivity index (χ3n) is 2.58. The molecule has 0 unspecified atom stereocenters. The van der Waals surface area contributed by atoms with Crippen molar-refractivity contribution in [2.24, 2.45) is 0 Å². The molecule has 0 aliphatic carbocycles. The van der Waals surface area contributed by atoms with E-state index in [0.29, 0.717) is 6.04 Å². The first-order valence-electron chi connectivity index (χ1n) is 5.18. The number of ether oxygens (including phenoxy) is 1. The van der Waals surface area contributed by atoms with Crippen LogP contribution < -0.4 is 10.1 Å². The largest absolute Gasteiger partial charge is 0.496 e. The smallest absolute Gasteiger partial charge is 0.124 e. The standard InChI is InChI=1S/C11H15NO.CH4O/c1-8-6-7-9-10(12-8)4-3-5-11(9)13-2;1-2/h3-5,8,12H,6-7H2,1-2H3;2H,1H3/t8-;/m0./s1. The Hall–Kier alpha value is -1.22. The molecule has 2 N–H and O–H groups in total. The number of nitrogens with one attached hydrogen (secondary N) is 1. The van der Waals surface area contributed by atoms with Crippen molar-refractivity contribution in [2.45, 2.75) is 25.8 Å². The van der Waals surface area contributed by atoms with E-state index in [2.05, 4.69) is 18.3 Å². The Morgan fingerprint density at radius 2 is 2.13 bits per heavy atom. The van der Waals surface area contributed by atoms with Crippen molar-refractivity contribution in [3.05, 3.63) is 23.8 Å². The number of aliphatic hydroxyl groups excluding tert-OH is 1. The first-order valence-corrected chi connectivity index (χ1v) is 5.18. The van der Waals surface area contributed by atoms with E-state index in [-0.39, 0.29) is 0 Å². The van der Waals surface area contributed by atoms with Crippen LogP contribution in [-0.4, -0.2) is 25.4 Å². The third-order valence-corrected chi connectivity index (χ3v) is 2.58. The van der Waals surface area contributed by atoms with Gasteiger partial charge in [0.15, 0.2) is 0 Å². The number of anilines is 1. The predicted octanol–water partition coefficient (Wildman–Crippen LogP) is 2.05. The molecule has 3 nitrogen and oxygen atoms in total. The highest BCUT2D eigenvalue weighted by Crippen LogP contribution is 2.31. The summed E-state index contributed by atoms with van der Waals surface area (Å²) in [4.78, 5) is 0. The quantitative estimate of drug-likeness (QED) is 0.743. The number of benzene rings is 1. The first-order chi connectivity index (χ1) is 7.31. The van der Waals surface area contributed by atoms with E-state index in [4.69, 9.17) is 9.84 Å². The summed E-state index contributed by atoms with van der Waals surface area (Å²) in [6.45, 7) is 2.21. The van der Waals surface area contributed by atoms with Gasteiger partial charge in [0.2, 0.25) is 0 Å². The fourth-order valence-electron chi connectivity index (χ4n) is 1.85. The van der Waals surface area contributed by atoms with Gasteiger partial charge < -0.3 is 15.2 Å². The van der Waals surface area contributed by atoms with Crippen LogP contribution >= 0.6 is 0 Å². The molecule has 0 fully saturated rings. The zero-order valence-electron chi connectivity index (χ0n) is 9.58. The SMILES string of the molecule is CO.COc1cccc2c1CC[C@H](C)N2. The highest BCUT2D eigenvalue weighted by Gasteiger charge is 2.16. The van der Waals surface area contributed by atoms with Crippen LogP contribution in [0.3, 0.4) is 0 Å². The van der Waals surface area contributed by atoms with Gasteiger partial charge in [-0.1, -0.05) is 6.07 Å². The normalized spacial score (nSPS) is 18.0. The van der Waals surface area contributed by atoms with Gasteiger partial charge in [-0.2, -0.15) is 0 Å². The maximum atomic E-state index is 7.00. The lowest BCUT2D eigenvalue weighted by Gasteiger charge is -2.25. The summed E-state index contributed by atoms with van der Waals surface area (Å²) in [5.74, 6) is 1.01. The van der Waals surface area contributed by atoms with Crippen LogP contribution in [0.25, 0.3) is 0 Å². The number of hydrogen-bond acceptors (Lipinski definition) is 3. The van der Waals surface area contributed by atoms with Crippen LogP contribution in [0, 0.1) is 0 Å². The number of methoxy groups -OCH3 is 1. The summed E-state index contributed by atoms with van der Waals surface area (Å²) >= 11 is 0. The number of fused-ring (bicyclic) bond motifs is 1. The topological polar surface area (TPSA) is 41.5 Å². The van der Waals surface area contributed by atoms with Crippen molar-refractivity contribution in [1.29, 1.82) is 0 Å². The summed E-state index contributed by atoms with van der Waals surface area (Å²) in [5, 5.41) is 10.5. The van der Waals surface area contributed by atoms with Crippen molar-refractivity contribution in [2.75, 3.05) is 19.5 Å². The molecule has 0 aromatic heterocycles.